The molecule has 1 aromatic rings. The van der Waals surface area contributed by atoms with Gasteiger partial charge in [-0.3, -0.25) is 4.79 Å². The van der Waals surface area contributed by atoms with Crippen molar-refractivity contribution in [1.29, 1.82) is 0 Å². The number of carbonyl (C=O) groups excluding carboxylic acids is 1. The van der Waals surface area contributed by atoms with Gasteiger partial charge in [0, 0.05) is 12.1 Å². The number of hydrogen-bond donors (Lipinski definition) is 0. The van der Waals surface area contributed by atoms with Gasteiger partial charge in [-0.05, 0) is 18.6 Å². The van der Waals surface area contributed by atoms with Crippen molar-refractivity contribution >= 4 is 17.4 Å². The standard InChI is InChI=1S/C10H12ClNO/c1-3-7(2)9(13)8-5-4-6-12-10(8)11/h4-7H,3H2,1-2H3. The summed E-state index contributed by atoms with van der Waals surface area (Å²) in [5, 5.41) is 0.299. The number of pyridine rings is 1. The molecule has 0 amide bonds. The maximum atomic E-state index is 11.7. The molecule has 0 saturated heterocycles. The zero-order valence-corrected chi connectivity index (χ0v) is 8.51. The topological polar surface area (TPSA) is 30.0 Å². The van der Waals surface area contributed by atoms with Gasteiger partial charge in [0.1, 0.15) is 5.15 Å². The van der Waals surface area contributed by atoms with E-state index in [1.54, 1.807) is 18.3 Å². The minimum atomic E-state index is 0.0155. The van der Waals surface area contributed by atoms with Gasteiger partial charge in [-0.2, -0.15) is 0 Å². The lowest BCUT2D eigenvalue weighted by atomic mass is 9.98. The van der Waals surface area contributed by atoms with Gasteiger partial charge in [-0.15, -0.1) is 0 Å². The van der Waals surface area contributed by atoms with Crippen molar-refractivity contribution in [2.24, 2.45) is 5.92 Å². The number of carbonyl (C=O) groups is 1. The molecule has 0 aliphatic heterocycles. The first-order valence-electron chi connectivity index (χ1n) is 4.31. The van der Waals surface area contributed by atoms with Crippen LogP contribution in [0.5, 0.6) is 0 Å². The van der Waals surface area contributed by atoms with Crippen LogP contribution < -0.4 is 0 Å². The number of Topliss-reactive ketones (excluding diaryl/α,β-unsaturated/α-hetero) is 1. The second kappa shape index (κ2) is 4.38. The van der Waals surface area contributed by atoms with E-state index in [1.165, 1.54) is 0 Å². The normalized spacial score (nSPS) is 12.5. The van der Waals surface area contributed by atoms with Crippen LogP contribution >= 0.6 is 11.6 Å². The molecule has 70 valence electrons. The van der Waals surface area contributed by atoms with E-state index in [2.05, 4.69) is 4.98 Å². The highest BCUT2D eigenvalue weighted by molar-refractivity contribution is 6.32. The Morgan fingerprint density at radius 2 is 2.38 bits per heavy atom. The highest BCUT2D eigenvalue weighted by Crippen LogP contribution is 2.17. The summed E-state index contributed by atoms with van der Waals surface area (Å²) in [6.45, 7) is 3.87. The van der Waals surface area contributed by atoms with Crippen molar-refractivity contribution < 1.29 is 4.79 Å². The van der Waals surface area contributed by atoms with Gasteiger partial charge in [-0.1, -0.05) is 25.4 Å². The van der Waals surface area contributed by atoms with Crippen LogP contribution in [0.1, 0.15) is 30.6 Å². The molecule has 0 aromatic carbocycles. The second-order valence-corrected chi connectivity index (χ2v) is 3.37. The number of ketones is 1. The van der Waals surface area contributed by atoms with Gasteiger partial charge >= 0.3 is 0 Å². The number of halogens is 1. The fraction of sp³-hybridized carbons (Fsp3) is 0.400. The van der Waals surface area contributed by atoms with Crippen molar-refractivity contribution in [3.8, 4) is 0 Å². The van der Waals surface area contributed by atoms with E-state index in [-0.39, 0.29) is 11.7 Å². The van der Waals surface area contributed by atoms with Crippen LogP contribution in [0.25, 0.3) is 0 Å². The van der Waals surface area contributed by atoms with Crippen LogP contribution in [0.15, 0.2) is 18.3 Å². The molecule has 0 spiro atoms. The molecule has 1 atom stereocenters. The average molecular weight is 198 g/mol. The third-order valence-electron chi connectivity index (χ3n) is 2.08. The van der Waals surface area contributed by atoms with Gasteiger partial charge in [0.15, 0.2) is 5.78 Å². The van der Waals surface area contributed by atoms with Crippen LogP contribution in [-0.4, -0.2) is 10.8 Å². The molecular weight excluding hydrogens is 186 g/mol. The van der Waals surface area contributed by atoms with E-state index in [0.29, 0.717) is 10.7 Å². The third-order valence-corrected chi connectivity index (χ3v) is 2.39. The Bertz CT molecular complexity index is 312. The van der Waals surface area contributed by atoms with Crippen LogP contribution in [-0.2, 0) is 0 Å². The van der Waals surface area contributed by atoms with E-state index in [1.807, 2.05) is 13.8 Å². The lowest BCUT2D eigenvalue weighted by Gasteiger charge is -2.07. The van der Waals surface area contributed by atoms with Gasteiger partial charge in [0.05, 0.1) is 5.56 Å². The summed E-state index contributed by atoms with van der Waals surface area (Å²) in [5.41, 5.74) is 0.526. The molecule has 1 unspecified atom stereocenters. The van der Waals surface area contributed by atoms with Gasteiger partial charge < -0.3 is 0 Å². The number of aromatic nitrogens is 1. The number of nitrogens with zero attached hydrogens (tertiary/aromatic N) is 1. The summed E-state index contributed by atoms with van der Waals surface area (Å²) in [6.07, 6.45) is 2.40. The Hall–Kier alpha value is -0.890. The van der Waals surface area contributed by atoms with E-state index in [4.69, 9.17) is 11.6 Å². The summed E-state index contributed by atoms with van der Waals surface area (Å²) in [5.74, 6) is 0.0855. The Labute approximate surface area is 82.9 Å². The number of hydrogen-bond acceptors (Lipinski definition) is 2. The van der Waals surface area contributed by atoms with E-state index >= 15 is 0 Å². The Balaban J connectivity index is 2.95. The fourth-order valence-corrected chi connectivity index (χ4v) is 1.23. The molecule has 13 heavy (non-hydrogen) atoms. The molecule has 1 rings (SSSR count). The van der Waals surface area contributed by atoms with Crippen LogP contribution in [0.2, 0.25) is 5.15 Å². The van der Waals surface area contributed by atoms with E-state index in [9.17, 15) is 4.79 Å². The summed E-state index contributed by atoms with van der Waals surface area (Å²) < 4.78 is 0. The van der Waals surface area contributed by atoms with Crippen molar-refractivity contribution in [2.45, 2.75) is 20.3 Å². The van der Waals surface area contributed by atoms with Gasteiger partial charge in [0.2, 0.25) is 0 Å². The highest BCUT2D eigenvalue weighted by Gasteiger charge is 2.16. The molecule has 0 N–H and O–H groups in total. The van der Waals surface area contributed by atoms with Crippen molar-refractivity contribution in [3.05, 3.63) is 29.0 Å². The first-order chi connectivity index (χ1) is 6.16. The highest BCUT2D eigenvalue weighted by atomic mass is 35.5. The molecule has 0 fully saturated rings. The van der Waals surface area contributed by atoms with E-state index in [0.717, 1.165) is 6.42 Å². The molecule has 3 heteroatoms. The number of rotatable bonds is 3. The van der Waals surface area contributed by atoms with Crippen molar-refractivity contribution in [2.75, 3.05) is 0 Å². The first-order valence-corrected chi connectivity index (χ1v) is 4.69. The van der Waals surface area contributed by atoms with Gasteiger partial charge in [0.25, 0.3) is 0 Å². The summed E-state index contributed by atoms with van der Waals surface area (Å²) in [6, 6.07) is 3.44. The quantitative estimate of drug-likeness (QED) is 0.551. The molecule has 0 bridgehead atoms. The lowest BCUT2D eigenvalue weighted by Crippen LogP contribution is -2.11. The first kappa shape index (κ1) is 10.2. The van der Waals surface area contributed by atoms with E-state index < -0.39 is 0 Å². The van der Waals surface area contributed by atoms with Crippen LogP contribution in [0, 0.1) is 5.92 Å². The molecule has 0 aliphatic carbocycles. The maximum absolute atomic E-state index is 11.7. The molecular formula is C10H12ClNO. The molecule has 1 heterocycles. The lowest BCUT2D eigenvalue weighted by molar-refractivity contribution is 0.0927. The second-order valence-electron chi connectivity index (χ2n) is 3.02. The average Bonchev–Trinajstić information content (AvgIpc) is 2.16. The maximum Gasteiger partial charge on any atom is 0.168 e. The Kier molecular flexibility index (Phi) is 3.43. The Morgan fingerprint density at radius 1 is 1.69 bits per heavy atom. The molecule has 0 saturated carbocycles. The predicted octanol–water partition coefficient (Wildman–Crippen LogP) is 2.96. The van der Waals surface area contributed by atoms with Crippen molar-refractivity contribution in [3.63, 3.8) is 0 Å². The molecule has 0 aliphatic rings. The summed E-state index contributed by atoms with van der Waals surface area (Å²) in [7, 11) is 0. The predicted molar refractivity (Wildman–Crippen MR) is 53.0 cm³/mol. The monoisotopic (exact) mass is 197 g/mol. The zero-order valence-electron chi connectivity index (χ0n) is 7.75. The molecule has 0 radical (unpaired) electrons. The SMILES string of the molecule is CCC(C)C(=O)c1cccnc1Cl. The smallest absolute Gasteiger partial charge is 0.168 e. The van der Waals surface area contributed by atoms with Crippen molar-refractivity contribution in [1.82, 2.24) is 4.98 Å². The summed E-state index contributed by atoms with van der Waals surface area (Å²) in [4.78, 5) is 15.5. The van der Waals surface area contributed by atoms with Gasteiger partial charge in [-0.25, -0.2) is 4.98 Å². The Morgan fingerprint density at radius 3 is 2.92 bits per heavy atom. The van der Waals surface area contributed by atoms with Crippen LogP contribution in [0.4, 0.5) is 0 Å². The summed E-state index contributed by atoms with van der Waals surface area (Å²) >= 11 is 5.79. The minimum Gasteiger partial charge on any atom is -0.294 e. The zero-order chi connectivity index (χ0) is 9.84. The minimum absolute atomic E-state index is 0.0155. The fourth-order valence-electron chi connectivity index (χ4n) is 1.02. The largest absolute Gasteiger partial charge is 0.294 e. The molecule has 2 nitrogen and oxygen atoms in total. The third kappa shape index (κ3) is 2.28. The van der Waals surface area contributed by atoms with Crippen LogP contribution in [0.3, 0.4) is 0 Å². The molecule has 1 aromatic heterocycles.